The minimum Gasteiger partial charge on any atom is -0.394 e. The van der Waals surface area contributed by atoms with Gasteiger partial charge in [0.25, 0.3) is 5.91 Å². The van der Waals surface area contributed by atoms with E-state index in [0.29, 0.717) is 12.1 Å². The minimum absolute atomic E-state index is 0.00961. The highest BCUT2D eigenvalue weighted by molar-refractivity contribution is 5.98. The Labute approximate surface area is 140 Å². The second-order valence-electron chi connectivity index (χ2n) is 5.88. The summed E-state index contributed by atoms with van der Waals surface area (Å²) in [6.45, 7) is 2.03. The number of rotatable bonds is 4. The van der Waals surface area contributed by atoms with E-state index in [1.165, 1.54) is 0 Å². The Morgan fingerprint density at radius 1 is 1.21 bits per heavy atom. The third kappa shape index (κ3) is 3.16. The molecule has 5 nitrogen and oxygen atoms in total. The van der Waals surface area contributed by atoms with Gasteiger partial charge in [0, 0.05) is 24.7 Å². The van der Waals surface area contributed by atoms with Gasteiger partial charge in [0.05, 0.1) is 12.6 Å². The van der Waals surface area contributed by atoms with Crippen LogP contribution in [0.25, 0.3) is 0 Å². The van der Waals surface area contributed by atoms with Crippen molar-refractivity contribution in [1.82, 2.24) is 5.32 Å². The number of aliphatic hydroxyl groups is 1. The summed E-state index contributed by atoms with van der Waals surface area (Å²) in [7, 11) is 0. The van der Waals surface area contributed by atoms with E-state index in [-0.39, 0.29) is 18.4 Å². The first-order chi connectivity index (χ1) is 11.6. The van der Waals surface area contributed by atoms with Gasteiger partial charge in [-0.2, -0.15) is 0 Å². The van der Waals surface area contributed by atoms with E-state index in [1.807, 2.05) is 42.5 Å². The van der Waals surface area contributed by atoms with E-state index in [9.17, 15) is 14.7 Å². The van der Waals surface area contributed by atoms with Crippen LogP contribution >= 0.6 is 0 Å². The van der Waals surface area contributed by atoms with E-state index < -0.39 is 6.04 Å². The Morgan fingerprint density at radius 2 is 1.96 bits per heavy atom. The zero-order valence-electron chi connectivity index (χ0n) is 13.5. The van der Waals surface area contributed by atoms with Gasteiger partial charge < -0.3 is 15.3 Å². The molecular weight excluding hydrogens is 304 g/mol. The lowest BCUT2D eigenvalue weighted by Crippen LogP contribution is -2.30. The number of fused-ring (bicyclic) bond motifs is 1. The molecule has 0 unspecified atom stereocenters. The van der Waals surface area contributed by atoms with E-state index >= 15 is 0 Å². The molecule has 0 aromatic heterocycles. The van der Waals surface area contributed by atoms with Crippen molar-refractivity contribution >= 4 is 17.5 Å². The summed E-state index contributed by atoms with van der Waals surface area (Å²) in [4.78, 5) is 25.8. The van der Waals surface area contributed by atoms with Crippen molar-refractivity contribution in [1.29, 1.82) is 0 Å². The monoisotopic (exact) mass is 324 g/mol. The summed E-state index contributed by atoms with van der Waals surface area (Å²) in [5, 5.41) is 12.4. The van der Waals surface area contributed by atoms with Crippen molar-refractivity contribution < 1.29 is 14.7 Å². The predicted octanol–water partition coefficient (Wildman–Crippen LogP) is 2.06. The van der Waals surface area contributed by atoms with E-state index in [0.717, 1.165) is 23.2 Å². The molecule has 2 aromatic carbocycles. The van der Waals surface area contributed by atoms with Gasteiger partial charge >= 0.3 is 0 Å². The lowest BCUT2D eigenvalue weighted by molar-refractivity contribution is -0.116. The van der Waals surface area contributed by atoms with Crippen molar-refractivity contribution in [2.24, 2.45) is 0 Å². The number of benzene rings is 2. The SMILES string of the molecule is CC(=O)N1CCc2cc(C(=O)N[C@H](CO)c3ccccc3)ccc21. The Hall–Kier alpha value is -2.66. The largest absolute Gasteiger partial charge is 0.394 e. The van der Waals surface area contributed by atoms with Gasteiger partial charge in [-0.25, -0.2) is 0 Å². The molecule has 0 aliphatic carbocycles. The lowest BCUT2D eigenvalue weighted by atomic mass is 10.1. The van der Waals surface area contributed by atoms with Crippen LogP contribution in [0.2, 0.25) is 0 Å². The van der Waals surface area contributed by atoms with Crippen LogP contribution in [0.5, 0.6) is 0 Å². The van der Waals surface area contributed by atoms with E-state index in [2.05, 4.69) is 5.32 Å². The molecule has 0 fully saturated rings. The summed E-state index contributed by atoms with van der Waals surface area (Å²) in [5.74, 6) is -0.225. The third-order valence-electron chi connectivity index (χ3n) is 4.31. The molecule has 3 rings (SSSR count). The molecule has 124 valence electrons. The molecule has 2 amide bonds. The highest BCUT2D eigenvalue weighted by Crippen LogP contribution is 2.29. The average Bonchev–Trinajstić information content (AvgIpc) is 3.03. The van der Waals surface area contributed by atoms with Crippen molar-refractivity contribution in [3.63, 3.8) is 0 Å². The summed E-state index contributed by atoms with van der Waals surface area (Å²) in [6.07, 6.45) is 0.748. The van der Waals surface area contributed by atoms with E-state index in [1.54, 1.807) is 17.9 Å². The molecule has 1 aliphatic heterocycles. The fourth-order valence-corrected chi connectivity index (χ4v) is 3.03. The molecule has 1 heterocycles. The smallest absolute Gasteiger partial charge is 0.251 e. The van der Waals surface area contributed by atoms with Gasteiger partial charge in [0.15, 0.2) is 0 Å². The first-order valence-electron chi connectivity index (χ1n) is 7.98. The average molecular weight is 324 g/mol. The van der Waals surface area contributed by atoms with Crippen LogP contribution in [0.4, 0.5) is 5.69 Å². The summed E-state index contributed by atoms with van der Waals surface area (Å²) >= 11 is 0. The van der Waals surface area contributed by atoms with Gasteiger partial charge in [-0.15, -0.1) is 0 Å². The topological polar surface area (TPSA) is 69.6 Å². The molecule has 0 bridgehead atoms. The van der Waals surface area contributed by atoms with Crippen LogP contribution in [0.15, 0.2) is 48.5 Å². The Morgan fingerprint density at radius 3 is 2.62 bits per heavy atom. The maximum absolute atomic E-state index is 12.5. The highest BCUT2D eigenvalue weighted by atomic mass is 16.3. The molecular formula is C19H20N2O3. The Bertz CT molecular complexity index is 758. The first-order valence-corrected chi connectivity index (χ1v) is 7.98. The number of carbonyl (C=O) groups is 2. The number of nitrogens with one attached hydrogen (secondary N) is 1. The minimum atomic E-state index is -0.444. The van der Waals surface area contributed by atoms with Crippen LogP contribution < -0.4 is 10.2 Å². The molecule has 1 aliphatic rings. The maximum Gasteiger partial charge on any atom is 0.251 e. The molecule has 1 atom stereocenters. The number of nitrogens with zero attached hydrogens (tertiary/aromatic N) is 1. The van der Waals surface area contributed by atoms with Crippen LogP contribution in [0.3, 0.4) is 0 Å². The molecule has 0 radical (unpaired) electrons. The third-order valence-corrected chi connectivity index (χ3v) is 4.31. The number of amides is 2. The quantitative estimate of drug-likeness (QED) is 0.904. The zero-order valence-corrected chi connectivity index (χ0v) is 13.5. The number of aliphatic hydroxyl groups excluding tert-OH is 1. The van der Waals surface area contributed by atoms with Crippen molar-refractivity contribution in [2.45, 2.75) is 19.4 Å². The van der Waals surface area contributed by atoms with Gasteiger partial charge in [-0.3, -0.25) is 9.59 Å². The van der Waals surface area contributed by atoms with Gasteiger partial charge in [-0.05, 0) is 35.7 Å². The van der Waals surface area contributed by atoms with Gasteiger partial charge in [-0.1, -0.05) is 30.3 Å². The van der Waals surface area contributed by atoms with Crippen molar-refractivity contribution in [3.05, 3.63) is 65.2 Å². The maximum atomic E-state index is 12.5. The van der Waals surface area contributed by atoms with Crippen molar-refractivity contribution in [3.8, 4) is 0 Å². The lowest BCUT2D eigenvalue weighted by Gasteiger charge is -2.18. The number of hydrogen-bond acceptors (Lipinski definition) is 3. The molecule has 0 saturated heterocycles. The van der Waals surface area contributed by atoms with Gasteiger partial charge in [0.2, 0.25) is 5.91 Å². The van der Waals surface area contributed by atoms with Crippen LogP contribution in [0.1, 0.15) is 34.5 Å². The normalized spacial score (nSPS) is 14.2. The summed E-state index contributed by atoms with van der Waals surface area (Å²) < 4.78 is 0. The van der Waals surface area contributed by atoms with Crippen LogP contribution in [0, 0.1) is 0 Å². The predicted molar refractivity (Wildman–Crippen MR) is 91.9 cm³/mol. The molecule has 0 saturated carbocycles. The molecule has 2 N–H and O–H groups in total. The summed E-state index contributed by atoms with van der Waals surface area (Å²) in [5.41, 5.74) is 3.27. The fourth-order valence-electron chi connectivity index (χ4n) is 3.03. The van der Waals surface area contributed by atoms with Crippen LogP contribution in [-0.4, -0.2) is 30.1 Å². The van der Waals surface area contributed by atoms with Crippen molar-refractivity contribution in [2.75, 3.05) is 18.1 Å². The van der Waals surface area contributed by atoms with E-state index in [4.69, 9.17) is 0 Å². The standard InChI is InChI=1S/C19H20N2O3/c1-13(23)21-10-9-15-11-16(7-8-18(15)21)19(24)20-17(12-22)14-5-3-2-4-6-14/h2-8,11,17,22H,9-10,12H2,1H3,(H,20,24)/t17-/m1/s1. The number of carbonyl (C=O) groups excluding carboxylic acids is 2. The highest BCUT2D eigenvalue weighted by Gasteiger charge is 2.23. The molecule has 24 heavy (non-hydrogen) atoms. The molecule has 2 aromatic rings. The first kappa shape index (κ1) is 16.2. The molecule has 0 spiro atoms. The molecule has 5 heteroatoms. The van der Waals surface area contributed by atoms with Gasteiger partial charge in [0.1, 0.15) is 0 Å². The number of anilines is 1. The fraction of sp³-hybridized carbons (Fsp3) is 0.263. The van der Waals surface area contributed by atoms with Crippen LogP contribution in [-0.2, 0) is 11.2 Å². The summed E-state index contributed by atoms with van der Waals surface area (Å²) in [6, 6.07) is 14.3. The number of hydrogen-bond donors (Lipinski definition) is 2. The Kier molecular flexibility index (Phi) is 4.62. The zero-order chi connectivity index (χ0) is 17.1. The second-order valence-corrected chi connectivity index (χ2v) is 5.88. The Balaban J connectivity index is 1.77. The second kappa shape index (κ2) is 6.84.